The van der Waals surface area contributed by atoms with Crippen molar-refractivity contribution >= 4 is 35.2 Å². The normalized spacial score (nSPS) is 14.5. The molecule has 2 aliphatic heterocycles. The summed E-state index contributed by atoms with van der Waals surface area (Å²) in [7, 11) is 0. The van der Waals surface area contributed by atoms with E-state index in [2.05, 4.69) is 46.0 Å². The highest BCUT2D eigenvalue weighted by molar-refractivity contribution is 7.15. The van der Waals surface area contributed by atoms with Crippen LogP contribution in [0.25, 0.3) is 22.3 Å². The molecule has 0 unspecified atom stereocenters. The maximum atomic E-state index is 13.2. The van der Waals surface area contributed by atoms with Crippen molar-refractivity contribution in [3.05, 3.63) is 92.6 Å². The molecule has 0 saturated carbocycles. The lowest BCUT2D eigenvalue weighted by Gasteiger charge is -2.09. The van der Waals surface area contributed by atoms with E-state index in [9.17, 15) is 4.79 Å². The molecule has 5 rings (SSSR count). The maximum Gasteiger partial charge on any atom is 0.253 e. The number of nitrogens with one attached hydrogen (secondary N) is 1. The van der Waals surface area contributed by atoms with Crippen LogP contribution in [0.3, 0.4) is 0 Å². The summed E-state index contributed by atoms with van der Waals surface area (Å²) in [6.45, 7) is 8.03. The number of amides is 1. The third-order valence-corrected chi connectivity index (χ3v) is 6.69. The van der Waals surface area contributed by atoms with E-state index in [-0.39, 0.29) is 5.91 Å². The van der Waals surface area contributed by atoms with E-state index in [4.69, 9.17) is 9.51 Å². The molecule has 3 aromatic heterocycles. The highest BCUT2D eigenvalue weighted by Crippen LogP contribution is 2.35. The Morgan fingerprint density at radius 1 is 1.20 bits per heavy atom. The van der Waals surface area contributed by atoms with Gasteiger partial charge in [-0.05, 0) is 63.6 Å². The van der Waals surface area contributed by atoms with Crippen LogP contribution >= 0.6 is 11.3 Å². The maximum absolute atomic E-state index is 13.2. The summed E-state index contributed by atoms with van der Waals surface area (Å²) in [5, 5.41) is 7.09. The molecule has 0 saturated heterocycles. The van der Waals surface area contributed by atoms with Crippen molar-refractivity contribution in [2.24, 2.45) is 4.99 Å². The molecule has 0 radical (unpaired) electrons. The third-order valence-electron chi connectivity index (χ3n) is 5.67. The molecular formula is C27H23N5O2S. The average molecular weight is 482 g/mol. The topological polar surface area (TPSA) is 85.3 Å². The Labute approximate surface area is 206 Å². The zero-order chi connectivity index (χ0) is 24.5. The molecule has 2 aliphatic rings. The first kappa shape index (κ1) is 22.6. The number of carbonyl (C=O) groups is 1. The Morgan fingerprint density at radius 3 is 2.80 bits per heavy atom. The first-order chi connectivity index (χ1) is 16.9. The molecule has 0 aromatic carbocycles. The van der Waals surface area contributed by atoms with Gasteiger partial charge in [0.05, 0.1) is 44.9 Å². The molecule has 0 bridgehead atoms. The van der Waals surface area contributed by atoms with Crippen molar-refractivity contribution in [1.29, 1.82) is 0 Å². The second-order valence-corrected chi connectivity index (χ2v) is 9.56. The fourth-order valence-electron chi connectivity index (χ4n) is 3.89. The minimum atomic E-state index is -0.224. The highest BCUT2D eigenvalue weighted by atomic mass is 32.1. The van der Waals surface area contributed by atoms with Gasteiger partial charge < -0.3 is 9.84 Å². The summed E-state index contributed by atoms with van der Waals surface area (Å²) in [4.78, 5) is 24.5. The van der Waals surface area contributed by atoms with Crippen LogP contribution in [-0.2, 0) is 4.79 Å². The molecule has 35 heavy (non-hydrogen) atoms. The van der Waals surface area contributed by atoms with Gasteiger partial charge in [-0.3, -0.25) is 14.4 Å². The lowest BCUT2D eigenvalue weighted by atomic mass is 10.0. The van der Waals surface area contributed by atoms with Gasteiger partial charge in [0.15, 0.2) is 5.82 Å². The Bertz CT molecular complexity index is 1560. The van der Waals surface area contributed by atoms with Crippen LogP contribution in [0, 0.1) is 20.8 Å². The Balaban J connectivity index is 1.55. The summed E-state index contributed by atoms with van der Waals surface area (Å²) < 4.78 is 7.36. The smallest absolute Gasteiger partial charge is 0.253 e. The molecular weight excluding hydrogens is 458 g/mol. The lowest BCUT2D eigenvalue weighted by molar-refractivity contribution is -0.116. The number of rotatable bonds is 5. The summed E-state index contributed by atoms with van der Waals surface area (Å²) in [6, 6.07) is 4.14. The number of carbonyl (C=O) groups excluding carboxylic acids is 1. The van der Waals surface area contributed by atoms with E-state index in [0.29, 0.717) is 23.7 Å². The second-order valence-electron chi connectivity index (χ2n) is 8.27. The van der Waals surface area contributed by atoms with E-state index in [1.165, 1.54) is 4.88 Å². The second kappa shape index (κ2) is 9.20. The molecule has 1 N–H and O–H groups in total. The summed E-state index contributed by atoms with van der Waals surface area (Å²) in [5.74, 6) is 1.12. The highest BCUT2D eigenvalue weighted by Gasteiger charge is 2.24. The van der Waals surface area contributed by atoms with Crippen molar-refractivity contribution < 1.29 is 9.32 Å². The number of hydrogen-bond donors (Lipinski definition) is 1. The van der Waals surface area contributed by atoms with Crippen LogP contribution in [0.1, 0.15) is 34.6 Å². The first-order valence-corrected chi connectivity index (χ1v) is 11.9. The van der Waals surface area contributed by atoms with Gasteiger partial charge in [-0.2, -0.15) is 0 Å². The largest absolute Gasteiger partial charge is 0.361 e. The van der Waals surface area contributed by atoms with Crippen molar-refractivity contribution in [2.45, 2.75) is 27.7 Å². The number of imidazole rings is 1. The van der Waals surface area contributed by atoms with E-state index in [0.717, 1.165) is 38.7 Å². The molecule has 8 heteroatoms. The molecule has 174 valence electrons. The molecule has 1 amide bonds. The molecule has 0 fully saturated rings. The Hall–Kier alpha value is -4.22. The monoisotopic (exact) mass is 481 g/mol. The number of thiophene rings is 1. The van der Waals surface area contributed by atoms with Crippen LogP contribution in [0.5, 0.6) is 0 Å². The number of nitrogens with zero attached hydrogens (tertiary/aromatic N) is 4. The predicted octanol–water partition coefficient (Wildman–Crippen LogP) is 5.15. The predicted molar refractivity (Wildman–Crippen MR) is 138 cm³/mol. The van der Waals surface area contributed by atoms with Gasteiger partial charge >= 0.3 is 0 Å². The molecule has 0 aliphatic carbocycles. The van der Waals surface area contributed by atoms with Crippen LogP contribution in [-0.4, -0.2) is 33.4 Å². The lowest BCUT2D eigenvalue weighted by Crippen LogP contribution is -2.27. The van der Waals surface area contributed by atoms with Gasteiger partial charge in [0, 0.05) is 23.8 Å². The van der Waals surface area contributed by atoms with E-state index < -0.39 is 0 Å². The Morgan fingerprint density at radius 2 is 2.06 bits per heavy atom. The van der Waals surface area contributed by atoms with Crippen molar-refractivity contribution in [1.82, 2.24) is 20.0 Å². The quantitative estimate of drug-likeness (QED) is 0.511. The van der Waals surface area contributed by atoms with Gasteiger partial charge in [-0.1, -0.05) is 10.9 Å². The average Bonchev–Trinajstić information content (AvgIpc) is 3.45. The van der Waals surface area contributed by atoms with Gasteiger partial charge in [0.25, 0.3) is 5.91 Å². The summed E-state index contributed by atoms with van der Waals surface area (Å²) >= 11 is 1.68. The van der Waals surface area contributed by atoms with Crippen LogP contribution in [0.15, 0.2) is 74.4 Å². The van der Waals surface area contributed by atoms with E-state index in [1.54, 1.807) is 35.9 Å². The van der Waals surface area contributed by atoms with Gasteiger partial charge in [-0.15, -0.1) is 17.1 Å². The van der Waals surface area contributed by atoms with Gasteiger partial charge in [-0.25, -0.2) is 4.98 Å². The number of hydrogen-bond acceptors (Lipinski definition) is 6. The van der Waals surface area contributed by atoms with E-state index in [1.807, 2.05) is 37.6 Å². The van der Waals surface area contributed by atoms with Crippen molar-refractivity contribution in [2.75, 3.05) is 6.54 Å². The summed E-state index contributed by atoms with van der Waals surface area (Å²) in [6.07, 6.45) is 10.8. The fourth-order valence-corrected chi connectivity index (χ4v) is 4.76. The van der Waals surface area contributed by atoms with Crippen LogP contribution in [0.4, 0.5) is 0 Å². The minimum absolute atomic E-state index is 0.224. The zero-order valence-corrected chi connectivity index (χ0v) is 20.7. The van der Waals surface area contributed by atoms with Crippen molar-refractivity contribution in [3.8, 4) is 10.6 Å². The molecule has 3 aromatic rings. The summed E-state index contributed by atoms with van der Waals surface area (Å²) in [5.41, 5.74) is 11.7. The number of aryl methyl sites for hydroxylation is 3. The number of allylic oxidation sites excluding steroid dienone is 2. The first-order valence-electron chi connectivity index (χ1n) is 11.1. The number of aromatic nitrogens is 3. The molecule has 0 spiro atoms. The van der Waals surface area contributed by atoms with Gasteiger partial charge in [0.1, 0.15) is 5.76 Å². The van der Waals surface area contributed by atoms with Crippen molar-refractivity contribution in [3.63, 3.8) is 0 Å². The minimum Gasteiger partial charge on any atom is -0.361 e. The SMILES string of the molecule is CC1=C=CC=C(CNC(=O)C2=Cn3c(-c4ccc(C)s4)cnc3C(c3c(C)noc3C)=C=C2)C=N1. The Kier molecular flexibility index (Phi) is 5.93. The molecule has 7 nitrogen and oxygen atoms in total. The van der Waals surface area contributed by atoms with E-state index >= 15 is 0 Å². The molecule has 5 heterocycles. The third kappa shape index (κ3) is 4.46. The van der Waals surface area contributed by atoms with Crippen LogP contribution < -0.4 is 5.32 Å². The zero-order valence-electron chi connectivity index (χ0n) is 19.8. The fraction of sp³-hybridized carbons (Fsp3) is 0.185. The molecule has 0 atom stereocenters. The standard InChI is InChI=1S/C27H23N5O2S/c1-16-6-5-7-20(12-28-16)13-30-27(33)21-9-10-22(25-18(3)31-34-19(25)4)26-29-14-23(32(26)15-21)24-11-8-17(2)35-24/h5,7-9,11-12,14-15H,13H2,1-4H3,(H,30,33). The van der Waals surface area contributed by atoms with Gasteiger partial charge in [0.2, 0.25) is 0 Å². The van der Waals surface area contributed by atoms with Crippen LogP contribution in [0.2, 0.25) is 0 Å². The number of fused-ring (bicyclic) bond motifs is 1. The number of aliphatic imine (C=N–C) groups is 1.